The summed E-state index contributed by atoms with van der Waals surface area (Å²) in [6.45, 7) is 2.45. The predicted molar refractivity (Wildman–Crippen MR) is 99.6 cm³/mol. The fourth-order valence-electron chi connectivity index (χ4n) is 2.06. The molecule has 0 saturated carbocycles. The summed E-state index contributed by atoms with van der Waals surface area (Å²) in [5, 5.41) is 0.317. The average molecular weight is 360 g/mol. The van der Waals surface area contributed by atoms with Crippen LogP contribution in [-0.2, 0) is 0 Å². The van der Waals surface area contributed by atoms with Crippen LogP contribution in [0.15, 0.2) is 52.4 Å². The molecule has 0 aliphatic heterocycles. The van der Waals surface area contributed by atoms with E-state index in [2.05, 4.69) is 9.98 Å². The Kier molecular flexibility index (Phi) is 5.97. The van der Waals surface area contributed by atoms with Crippen molar-refractivity contribution in [1.82, 2.24) is 0 Å². The lowest BCUT2D eigenvalue weighted by atomic mass is 10.0. The normalized spacial score (nSPS) is 11.0. The summed E-state index contributed by atoms with van der Waals surface area (Å²) in [4.78, 5) is 20.2. The third-order valence-electron chi connectivity index (χ3n) is 3.11. The maximum Gasteiger partial charge on any atom is 0.223 e. The van der Waals surface area contributed by atoms with E-state index in [4.69, 9.17) is 33.5 Å². The number of carbonyl (C=O) groups is 1. The molecule has 0 atom stereocenters. The number of benzene rings is 2. The Bertz CT molecular complexity index is 827. The van der Waals surface area contributed by atoms with E-state index >= 15 is 0 Å². The Balaban J connectivity index is 2.32. The molecule has 0 saturated heterocycles. The number of hydrogen-bond donors (Lipinski definition) is 3. The highest BCUT2D eigenvalue weighted by atomic mass is 35.5. The third-order valence-corrected chi connectivity index (χ3v) is 3.43. The molecule has 2 aromatic carbocycles. The van der Waals surface area contributed by atoms with Gasteiger partial charge in [-0.2, -0.15) is 4.99 Å². The number of nitrogens with zero attached hydrogens (tertiary/aromatic N) is 2. The van der Waals surface area contributed by atoms with Gasteiger partial charge in [0, 0.05) is 11.1 Å². The van der Waals surface area contributed by atoms with Crippen LogP contribution in [0.2, 0.25) is 5.02 Å². The van der Waals surface area contributed by atoms with Gasteiger partial charge in [0.25, 0.3) is 0 Å². The van der Waals surface area contributed by atoms with Crippen LogP contribution in [0.3, 0.4) is 0 Å². The largest absolute Gasteiger partial charge is 0.494 e. The summed E-state index contributed by atoms with van der Waals surface area (Å²) in [6, 6.07) is 11.6. The lowest BCUT2D eigenvalue weighted by Crippen LogP contribution is -2.26. The van der Waals surface area contributed by atoms with Crippen molar-refractivity contribution in [2.45, 2.75) is 6.92 Å². The number of ketones is 1. The minimum Gasteiger partial charge on any atom is -0.494 e. The smallest absolute Gasteiger partial charge is 0.223 e. The van der Waals surface area contributed by atoms with E-state index in [1.807, 2.05) is 6.92 Å². The number of guanidine groups is 2. The third kappa shape index (κ3) is 4.95. The highest BCUT2D eigenvalue weighted by Crippen LogP contribution is 2.27. The summed E-state index contributed by atoms with van der Waals surface area (Å²) in [7, 11) is 0. The second-order valence-electron chi connectivity index (χ2n) is 4.96. The molecule has 0 unspecified atom stereocenters. The number of carbonyl (C=O) groups excluding carboxylic acids is 1. The lowest BCUT2D eigenvalue weighted by Gasteiger charge is -2.06. The Morgan fingerprint density at radius 1 is 1.08 bits per heavy atom. The predicted octanol–water partition coefficient (Wildman–Crippen LogP) is 2.19. The van der Waals surface area contributed by atoms with Gasteiger partial charge in [0.05, 0.1) is 17.3 Å². The summed E-state index contributed by atoms with van der Waals surface area (Å²) in [5.74, 6) is 0.133. The van der Waals surface area contributed by atoms with Crippen LogP contribution in [0.25, 0.3) is 0 Å². The molecule has 0 aliphatic carbocycles. The molecule has 0 bridgehead atoms. The minimum atomic E-state index is -0.223. The van der Waals surface area contributed by atoms with Gasteiger partial charge < -0.3 is 21.9 Å². The molecule has 0 spiro atoms. The summed E-state index contributed by atoms with van der Waals surface area (Å²) in [5.41, 5.74) is 17.3. The zero-order chi connectivity index (χ0) is 18.4. The highest BCUT2D eigenvalue weighted by Gasteiger charge is 2.12. The molecule has 6 N–H and O–H groups in total. The lowest BCUT2D eigenvalue weighted by molar-refractivity contribution is 0.103. The van der Waals surface area contributed by atoms with Crippen LogP contribution >= 0.6 is 11.6 Å². The number of halogens is 1. The first-order valence-electron chi connectivity index (χ1n) is 7.41. The average Bonchev–Trinajstić information content (AvgIpc) is 2.56. The van der Waals surface area contributed by atoms with Gasteiger partial charge in [-0.3, -0.25) is 4.79 Å². The van der Waals surface area contributed by atoms with Crippen LogP contribution in [0, 0.1) is 0 Å². The van der Waals surface area contributed by atoms with Crippen molar-refractivity contribution in [2.24, 2.45) is 27.2 Å². The van der Waals surface area contributed by atoms with Crippen LogP contribution < -0.4 is 21.9 Å². The molecular formula is C17H18ClN5O2. The number of nitrogens with two attached hydrogens (primary N) is 3. The summed E-state index contributed by atoms with van der Waals surface area (Å²) in [6.07, 6.45) is 0. The molecule has 0 aliphatic rings. The van der Waals surface area contributed by atoms with Crippen molar-refractivity contribution >= 4 is 35.0 Å². The molecule has 0 aromatic heterocycles. The molecule has 2 aromatic rings. The molecule has 0 radical (unpaired) electrons. The maximum atomic E-state index is 12.6. The Morgan fingerprint density at radius 2 is 1.72 bits per heavy atom. The second-order valence-corrected chi connectivity index (χ2v) is 5.37. The van der Waals surface area contributed by atoms with Gasteiger partial charge in [0.1, 0.15) is 5.75 Å². The molecule has 0 amide bonds. The van der Waals surface area contributed by atoms with Crippen LogP contribution in [0.4, 0.5) is 5.69 Å². The zero-order valence-electron chi connectivity index (χ0n) is 13.6. The summed E-state index contributed by atoms with van der Waals surface area (Å²) < 4.78 is 5.36. The van der Waals surface area contributed by atoms with Gasteiger partial charge in [-0.15, -0.1) is 0 Å². The summed E-state index contributed by atoms with van der Waals surface area (Å²) >= 11 is 6.08. The number of rotatable bonds is 5. The van der Waals surface area contributed by atoms with Gasteiger partial charge in [-0.25, -0.2) is 4.99 Å². The van der Waals surface area contributed by atoms with E-state index in [1.54, 1.807) is 36.4 Å². The van der Waals surface area contributed by atoms with E-state index in [0.29, 0.717) is 34.2 Å². The second kappa shape index (κ2) is 8.16. The van der Waals surface area contributed by atoms with Crippen molar-refractivity contribution in [3.63, 3.8) is 0 Å². The van der Waals surface area contributed by atoms with Gasteiger partial charge >= 0.3 is 0 Å². The van der Waals surface area contributed by atoms with Gasteiger partial charge in [-0.05, 0) is 49.4 Å². The minimum absolute atomic E-state index is 0.160. The maximum absolute atomic E-state index is 12.6. The molecular weight excluding hydrogens is 342 g/mol. The van der Waals surface area contributed by atoms with Crippen molar-refractivity contribution in [1.29, 1.82) is 0 Å². The van der Waals surface area contributed by atoms with Crippen molar-refractivity contribution in [2.75, 3.05) is 6.61 Å². The molecule has 0 fully saturated rings. The molecule has 25 heavy (non-hydrogen) atoms. The van der Waals surface area contributed by atoms with Gasteiger partial charge in [0.15, 0.2) is 11.7 Å². The molecule has 0 heterocycles. The zero-order valence-corrected chi connectivity index (χ0v) is 14.3. The van der Waals surface area contributed by atoms with Gasteiger partial charge in [-0.1, -0.05) is 11.6 Å². The first kappa shape index (κ1) is 18.3. The molecule has 2 rings (SSSR count). The SMILES string of the molecule is CCOc1ccc(C(=O)c2ccc(Cl)c(N=C(N)N=C(N)N)c2)cc1. The van der Waals surface area contributed by atoms with E-state index < -0.39 is 0 Å². The topological polar surface area (TPSA) is 129 Å². The van der Waals surface area contributed by atoms with E-state index in [0.717, 1.165) is 0 Å². The molecule has 130 valence electrons. The monoisotopic (exact) mass is 359 g/mol. The van der Waals surface area contributed by atoms with Crippen LogP contribution in [0.5, 0.6) is 5.75 Å². The molecule has 7 nitrogen and oxygen atoms in total. The van der Waals surface area contributed by atoms with Crippen LogP contribution in [0.1, 0.15) is 22.8 Å². The Labute approximate surface area is 150 Å². The Morgan fingerprint density at radius 3 is 2.32 bits per heavy atom. The fraction of sp³-hybridized carbons (Fsp3) is 0.118. The van der Waals surface area contributed by atoms with Crippen molar-refractivity contribution in [3.8, 4) is 5.75 Å². The fourth-order valence-corrected chi connectivity index (χ4v) is 2.22. The van der Waals surface area contributed by atoms with Crippen LogP contribution in [-0.4, -0.2) is 24.3 Å². The standard InChI is InChI=1S/C17H18ClN5O2/c1-2-25-12-6-3-10(4-7-12)15(24)11-5-8-13(18)14(9-11)22-17(21)23-16(19)20/h3-9H,2H2,1H3,(H6,19,20,21,22,23). The van der Waals surface area contributed by atoms with E-state index in [1.165, 1.54) is 6.07 Å². The van der Waals surface area contributed by atoms with Gasteiger partial charge in [0.2, 0.25) is 5.96 Å². The highest BCUT2D eigenvalue weighted by molar-refractivity contribution is 6.33. The first-order chi connectivity index (χ1) is 11.9. The quantitative estimate of drug-likeness (QED) is 0.428. The van der Waals surface area contributed by atoms with E-state index in [-0.39, 0.29) is 17.7 Å². The number of ether oxygens (including phenoxy) is 1. The molecule has 8 heteroatoms. The van der Waals surface area contributed by atoms with Crippen molar-refractivity contribution < 1.29 is 9.53 Å². The van der Waals surface area contributed by atoms with E-state index in [9.17, 15) is 4.79 Å². The number of aliphatic imine (C=N–C) groups is 2. The van der Waals surface area contributed by atoms with Crippen molar-refractivity contribution in [3.05, 3.63) is 58.6 Å². The number of hydrogen-bond acceptors (Lipinski definition) is 3. The first-order valence-corrected chi connectivity index (χ1v) is 7.79. The Hall–Kier alpha value is -3.06.